The Labute approximate surface area is 249 Å². The summed E-state index contributed by atoms with van der Waals surface area (Å²) in [4.78, 5) is 30.8. The third-order valence-electron chi connectivity index (χ3n) is 7.60. The van der Waals surface area contributed by atoms with E-state index in [1.165, 1.54) is 12.1 Å². The van der Waals surface area contributed by atoms with Gasteiger partial charge in [-0.25, -0.2) is 0 Å². The lowest BCUT2D eigenvalue weighted by Crippen LogP contribution is -2.33. The third-order valence-corrected chi connectivity index (χ3v) is 7.95. The van der Waals surface area contributed by atoms with Crippen LogP contribution in [0.15, 0.2) is 72.9 Å². The fourth-order valence-corrected chi connectivity index (χ4v) is 5.89. The number of methoxy groups -OCH3 is 1. The van der Waals surface area contributed by atoms with Gasteiger partial charge in [0.25, 0.3) is 5.69 Å². The number of anilines is 1. The molecule has 0 radical (unpaired) electrons. The van der Waals surface area contributed by atoms with Crippen molar-refractivity contribution in [2.75, 3.05) is 19.0 Å². The van der Waals surface area contributed by atoms with Crippen molar-refractivity contribution in [3.05, 3.63) is 111 Å². The Bertz CT molecular complexity index is 1650. The van der Waals surface area contributed by atoms with E-state index in [1.807, 2.05) is 72.7 Å². The number of benzene rings is 2. The summed E-state index contributed by atoms with van der Waals surface area (Å²) in [5, 5.41) is 18.6. The monoisotopic (exact) mass is 584 g/mol. The van der Waals surface area contributed by atoms with E-state index in [9.17, 15) is 14.9 Å². The first kappa shape index (κ1) is 28.7. The number of hydrogen-bond acceptors (Lipinski definition) is 6. The van der Waals surface area contributed by atoms with E-state index in [4.69, 9.17) is 17.0 Å². The highest BCUT2D eigenvalue weighted by atomic mass is 32.1. The number of nitrogens with zero attached hydrogens (tertiary/aromatic N) is 4. The molecule has 216 valence electrons. The second-order valence-corrected chi connectivity index (χ2v) is 10.6. The standard InChI is InChI=1S/C31H32N6O4S/c1-19-9-5-6-10-24(19)33-28(38)14-16-35-30(29(34-31(35)42)25-11-7-8-15-32-25)23-17-20(2)36(21(23)3)26-18-22(37(39)40)12-13-27(26)41-4/h5-13,15,17-18,29-30H,14,16H2,1-4H3,(H,33,38)(H,34,42)/t29-,30-/m1/s1. The zero-order chi connectivity index (χ0) is 30.0. The molecule has 42 heavy (non-hydrogen) atoms. The molecule has 4 aromatic rings. The number of non-ortho nitro benzene ring substituents is 1. The molecule has 0 saturated carbocycles. The summed E-state index contributed by atoms with van der Waals surface area (Å²) in [6.07, 6.45) is 1.96. The molecule has 2 aromatic heterocycles. The number of thiocarbonyl (C=S) groups is 1. The van der Waals surface area contributed by atoms with Crippen LogP contribution in [0.25, 0.3) is 5.69 Å². The number of nitro benzene ring substituents is 1. The van der Waals surface area contributed by atoms with E-state index >= 15 is 0 Å². The number of carbonyl (C=O) groups is 1. The molecule has 1 aliphatic rings. The van der Waals surface area contributed by atoms with Crippen LogP contribution in [0.2, 0.25) is 0 Å². The molecule has 5 rings (SSSR count). The molecule has 11 heteroatoms. The molecule has 1 fully saturated rings. The lowest BCUT2D eigenvalue weighted by atomic mass is 9.96. The normalized spacial score (nSPS) is 16.3. The van der Waals surface area contributed by atoms with Crippen molar-refractivity contribution in [2.24, 2.45) is 0 Å². The first-order valence-electron chi connectivity index (χ1n) is 13.5. The van der Waals surface area contributed by atoms with Crippen LogP contribution >= 0.6 is 12.2 Å². The maximum Gasteiger partial charge on any atom is 0.271 e. The molecular weight excluding hydrogens is 552 g/mol. The van der Waals surface area contributed by atoms with Crippen molar-refractivity contribution in [3.63, 3.8) is 0 Å². The van der Waals surface area contributed by atoms with E-state index in [-0.39, 0.29) is 30.1 Å². The number of para-hydroxylation sites is 1. The Kier molecular flexibility index (Phi) is 8.21. The largest absolute Gasteiger partial charge is 0.495 e. The lowest BCUT2D eigenvalue weighted by molar-refractivity contribution is -0.384. The molecule has 2 N–H and O–H groups in total. The number of hydrogen-bond donors (Lipinski definition) is 2. The van der Waals surface area contributed by atoms with Crippen molar-refractivity contribution >= 4 is 34.6 Å². The van der Waals surface area contributed by atoms with Gasteiger partial charge in [0, 0.05) is 48.4 Å². The summed E-state index contributed by atoms with van der Waals surface area (Å²) in [6, 6.07) is 19.4. The number of aromatic nitrogens is 2. The Morgan fingerprint density at radius 3 is 2.57 bits per heavy atom. The summed E-state index contributed by atoms with van der Waals surface area (Å²) in [5.41, 5.74) is 5.83. The van der Waals surface area contributed by atoms with Crippen molar-refractivity contribution < 1.29 is 14.5 Å². The number of nitro groups is 1. The smallest absolute Gasteiger partial charge is 0.271 e. The zero-order valence-electron chi connectivity index (χ0n) is 23.8. The van der Waals surface area contributed by atoms with Gasteiger partial charge in [-0.2, -0.15) is 0 Å². The topological polar surface area (TPSA) is 115 Å². The summed E-state index contributed by atoms with van der Waals surface area (Å²) in [6.45, 7) is 6.25. The van der Waals surface area contributed by atoms with E-state index in [0.717, 1.165) is 33.9 Å². The van der Waals surface area contributed by atoms with Gasteiger partial charge < -0.3 is 24.8 Å². The molecule has 0 spiro atoms. The molecule has 0 unspecified atom stereocenters. The highest BCUT2D eigenvalue weighted by Gasteiger charge is 2.41. The van der Waals surface area contributed by atoms with Gasteiger partial charge in [0.05, 0.1) is 35.5 Å². The van der Waals surface area contributed by atoms with E-state index in [1.54, 1.807) is 19.4 Å². The van der Waals surface area contributed by atoms with Gasteiger partial charge in [0.15, 0.2) is 5.11 Å². The fourth-order valence-electron chi connectivity index (χ4n) is 5.56. The van der Waals surface area contributed by atoms with Gasteiger partial charge in [-0.3, -0.25) is 19.9 Å². The van der Waals surface area contributed by atoms with Gasteiger partial charge >= 0.3 is 0 Å². The Morgan fingerprint density at radius 1 is 1.12 bits per heavy atom. The van der Waals surface area contributed by atoms with Crippen LogP contribution in [0.5, 0.6) is 5.75 Å². The molecule has 1 aliphatic heterocycles. The molecule has 3 heterocycles. The van der Waals surface area contributed by atoms with Crippen LogP contribution in [-0.4, -0.2) is 44.0 Å². The summed E-state index contributed by atoms with van der Waals surface area (Å²) >= 11 is 5.81. The van der Waals surface area contributed by atoms with Crippen LogP contribution < -0.4 is 15.4 Å². The number of ether oxygens (including phenoxy) is 1. The Hall–Kier alpha value is -4.77. The van der Waals surface area contributed by atoms with Gasteiger partial charge in [0.1, 0.15) is 5.75 Å². The highest BCUT2D eigenvalue weighted by molar-refractivity contribution is 7.80. The van der Waals surface area contributed by atoms with Crippen molar-refractivity contribution in [2.45, 2.75) is 39.3 Å². The van der Waals surface area contributed by atoms with Gasteiger partial charge in [-0.15, -0.1) is 0 Å². The molecule has 0 aliphatic carbocycles. The number of carbonyl (C=O) groups excluding carboxylic acids is 1. The number of rotatable bonds is 9. The van der Waals surface area contributed by atoms with E-state index in [0.29, 0.717) is 23.1 Å². The molecule has 2 atom stereocenters. The minimum atomic E-state index is -0.418. The second kappa shape index (κ2) is 12.0. The fraction of sp³-hybridized carbons (Fsp3) is 0.258. The number of nitrogens with one attached hydrogen (secondary N) is 2. The quantitative estimate of drug-likeness (QED) is 0.146. The number of pyridine rings is 1. The molecule has 1 saturated heterocycles. The van der Waals surface area contributed by atoms with Gasteiger partial charge in [-0.05, 0) is 74.4 Å². The van der Waals surface area contributed by atoms with Crippen LogP contribution in [0, 0.1) is 30.9 Å². The molecule has 1 amide bonds. The Morgan fingerprint density at radius 2 is 1.88 bits per heavy atom. The van der Waals surface area contributed by atoms with E-state index < -0.39 is 4.92 Å². The predicted molar refractivity (Wildman–Crippen MR) is 165 cm³/mol. The average Bonchev–Trinajstić information content (AvgIpc) is 3.47. The predicted octanol–water partition coefficient (Wildman–Crippen LogP) is 5.72. The molecule has 10 nitrogen and oxygen atoms in total. The van der Waals surface area contributed by atoms with Crippen molar-refractivity contribution in [1.29, 1.82) is 0 Å². The van der Waals surface area contributed by atoms with Crippen LogP contribution in [0.1, 0.15) is 46.7 Å². The van der Waals surface area contributed by atoms with Crippen molar-refractivity contribution in [1.82, 2.24) is 19.8 Å². The minimum absolute atomic E-state index is 0.0313. The average molecular weight is 585 g/mol. The molecule has 2 aromatic carbocycles. The van der Waals surface area contributed by atoms with Crippen molar-refractivity contribution in [3.8, 4) is 11.4 Å². The number of amides is 1. The zero-order valence-corrected chi connectivity index (χ0v) is 24.6. The summed E-state index contributed by atoms with van der Waals surface area (Å²) in [5.74, 6) is 0.402. The maximum atomic E-state index is 13.0. The van der Waals surface area contributed by atoms with E-state index in [2.05, 4.69) is 21.7 Å². The summed E-state index contributed by atoms with van der Waals surface area (Å²) < 4.78 is 7.55. The van der Waals surface area contributed by atoms with Crippen LogP contribution in [0.3, 0.4) is 0 Å². The highest BCUT2D eigenvalue weighted by Crippen LogP contribution is 2.42. The van der Waals surface area contributed by atoms with Gasteiger partial charge in [0.2, 0.25) is 5.91 Å². The molecular formula is C31H32N6O4S. The Balaban J connectivity index is 1.53. The maximum absolute atomic E-state index is 13.0. The first-order chi connectivity index (χ1) is 20.2. The van der Waals surface area contributed by atoms with Crippen LogP contribution in [-0.2, 0) is 4.79 Å². The SMILES string of the molecule is COc1ccc([N+](=O)[O-])cc1-n1c(C)cc([C@@H]2[C@@H](c3ccccn3)NC(=S)N2CCC(=O)Nc2ccccc2C)c1C. The third kappa shape index (κ3) is 5.55. The number of aryl methyl sites for hydroxylation is 2. The molecule has 0 bridgehead atoms. The lowest BCUT2D eigenvalue weighted by Gasteiger charge is -2.28. The first-order valence-corrected chi connectivity index (χ1v) is 14.0. The minimum Gasteiger partial charge on any atom is -0.495 e. The summed E-state index contributed by atoms with van der Waals surface area (Å²) in [7, 11) is 1.54. The van der Waals surface area contributed by atoms with Gasteiger partial charge in [-0.1, -0.05) is 24.3 Å². The second-order valence-electron chi connectivity index (χ2n) is 10.2. The van der Waals surface area contributed by atoms with Crippen LogP contribution in [0.4, 0.5) is 11.4 Å².